The Morgan fingerprint density at radius 2 is 1.17 bits per heavy atom. The first-order chi connectivity index (χ1) is 2.91. The predicted octanol–water partition coefficient (Wildman–Crippen LogP) is 1.38. The third-order valence-corrected chi connectivity index (χ3v) is 0.500. The molecule has 0 unspecified atom stereocenters. The summed E-state index contributed by atoms with van der Waals surface area (Å²) in [6.45, 7) is 4.36. The Balaban J connectivity index is 0. The second-order valence-corrected chi connectivity index (χ2v) is 1.000. The molecule has 0 aromatic heterocycles. The minimum absolute atomic E-state index is 1.32. The molecule has 0 heterocycles. The third-order valence-electron chi connectivity index (χ3n) is 0.500. The quantitative estimate of drug-likeness (QED) is 0.516. The van der Waals surface area contributed by atoms with Crippen molar-refractivity contribution in [2.45, 2.75) is 26.7 Å². The Morgan fingerprint density at radius 3 is 1.17 bits per heavy atom. The standard InChI is InChI=1S/C4H10.CH5N/c1-3-4-2;1-2/h3-4H2,1-2H3;2H2,1H3. The highest BCUT2D eigenvalue weighted by molar-refractivity contribution is 4.12. The van der Waals surface area contributed by atoms with Gasteiger partial charge in [0.2, 0.25) is 0 Å². The summed E-state index contributed by atoms with van der Waals surface area (Å²) in [7, 11) is 1.50. The SMILES string of the molecule is CCCC.CN. The lowest BCUT2D eigenvalue weighted by atomic mass is 10.4. The van der Waals surface area contributed by atoms with Gasteiger partial charge in [-0.25, -0.2) is 0 Å². The molecule has 0 atom stereocenters. The maximum atomic E-state index is 4.50. The van der Waals surface area contributed by atoms with Crippen molar-refractivity contribution in [3.8, 4) is 0 Å². The lowest BCUT2D eigenvalue weighted by Crippen LogP contribution is -1.69. The van der Waals surface area contributed by atoms with Gasteiger partial charge in [0.1, 0.15) is 0 Å². The fourth-order valence-corrected chi connectivity index (χ4v) is 0. The molecule has 0 bridgehead atoms. The smallest absolute Gasteiger partial charge is 0.0195 e. The lowest BCUT2D eigenvalue weighted by molar-refractivity contribution is 0.886. The molecule has 0 aliphatic rings. The zero-order valence-corrected chi connectivity index (χ0v) is 4.99. The molecule has 2 N–H and O–H groups in total. The zero-order chi connectivity index (χ0) is 5.41. The van der Waals surface area contributed by atoms with E-state index in [1.165, 1.54) is 19.9 Å². The first-order valence-electron chi connectivity index (χ1n) is 2.49. The molecule has 0 aliphatic carbocycles. The number of rotatable bonds is 1. The Morgan fingerprint density at radius 1 is 1.00 bits per heavy atom. The number of hydrogen-bond donors (Lipinski definition) is 1. The van der Waals surface area contributed by atoms with E-state index >= 15 is 0 Å². The van der Waals surface area contributed by atoms with Crippen LogP contribution in [0, 0.1) is 0 Å². The van der Waals surface area contributed by atoms with Crippen LogP contribution in [0.2, 0.25) is 0 Å². The van der Waals surface area contributed by atoms with E-state index in [0.29, 0.717) is 0 Å². The van der Waals surface area contributed by atoms with Gasteiger partial charge in [0.15, 0.2) is 0 Å². The molecule has 0 spiro atoms. The van der Waals surface area contributed by atoms with Gasteiger partial charge in [-0.05, 0) is 7.05 Å². The molecule has 0 saturated carbocycles. The van der Waals surface area contributed by atoms with Crippen LogP contribution in [0.5, 0.6) is 0 Å². The molecule has 0 aromatic carbocycles. The van der Waals surface area contributed by atoms with Gasteiger partial charge in [0.25, 0.3) is 0 Å². The maximum absolute atomic E-state index is 4.50. The highest BCUT2D eigenvalue weighted by Gasteiger charge is 1.56. The van der Waals surface area contributed by atoms with Crippen LogP contribution in [-0.4, -0.2) is 7.05 Å². The van der Waals surface area contributed by atoms with Crippen LogP contribution in [0.25, 0.3) is 0 Å². The first-order valence-corrected chi connectivity index (χ1v) is 2.49. The zero-order valence-electron chi connectivity index (χ0n) is 4.99. The summed E-state index contributed by atoms with van der Waals surface area (Å²) < 4.78 is 0. The molecule has 0 radical (unpaired) electrons. The number of unbranched alkanes of at least 4 members (excludes halogenated alkanes) is 1. The van der Waals surface area contributed by atoms with Crippen molar-refractivity contribution in [1.82, 2.24) is 0 Å². The fraction of sp³-hybridized carbons (Fsp3) is 1.00. The second-order valence-electron chi connectivity index (χ2n) is 1.000. The molecule has 0 saturated heterocycles. The summed E-state index contributed by atoms with van der Waals surface area (Å²) in [5.41, 5.74) is 4.50. The molecular weight excluding hydrogens is 74.1 g/mol. The van der Waals surface area contributed by atoms with E-state index in [0.717, 1.165) is 0 Å². The first kappa shape index (κ1) is 9.35. The molecule has 0 rings (SSSR count). The van der Waals surface area contributed by atoms with E-state index in [1.54, 1.807) is 0 Å². The molecule has 6 heavy (non-hydrogen) atoms. The average Bonchev–Trinajstić information content (AvgIpc) is 1.72. The molecule has 40 valence electrons. The van der Waals surface area contributed by atoms with Gasteiger partial charge >= 0.3 is 0 Å². The van der Waals surface area contributed by atoms with Crippen molar-refractivity contribution in [2.75, 3.05) is 7.05 Å². The van der Waals surface area contributed by atoms with Gasteiger partial charge < -0.3 is 5.73 Å². The van der Waals surface area contributed by atoms with Crippen LogP contribution < -0.4 is 5.73 Å². The van der Waals surface area contributed by atoms with Crippen LogP contribution in [-0.2, 0) is 0 Å². The summed E-state index contributed by atoms with van der Waals surface area (Å²) in [6.07, 6.45) is 2.64. The van der Waals surface area contributed by atoms with Crippen LogP contribution in [0.15, 0.2) is 0 Å². The molecule has 1 nitrogen and oxygen atoms in total. The largest absolute Gasteiger partial charge is 0.333 e. The third kappa shape index (κ3) is 37.6. The monoisotopic (exact) mass is 89.1 g/mol. The molecule has 0 aromatic rings. The normalized spacial score (nSPS) is 6.00. The van der Waals surface area contributed by atoms with Crippen molar-refractivity contribution in [3.05, 3.63) is 0 Å². The summed E-state index contributed by atoms with van der Waals surface area (Å²) in [4.78, 5) is 0. The van der Waals surface area contributed by atoms with Crippen LogP contribution in [0.1, 0.15) is 26.7 Å². The van der Waals surface area contributed by atoms with Gasteiger partial charge in [-0.1, -0.05) is 26.7 Å². The maximum Gasteiger partial charge on any atom is -0.0195 e. The minimum Gasteiger partial charge on any atom is -0.333 e. The second kappa shape index (κ2) is 20.2. The van der Waals surface area contributed by atoms with Gasteiger partial charge in [-0.15, -0.1) is 0 Å². The number of nitrogens with two attached hydrogens (primary N) is 1. The highest BCUT2D eigenvalue weighted by Crippen LogP contribution is 1.76. The average molecular weight is 89.2 g/mol. The van der Waals surface area contributed by atoms with Crippen molar-refractivity contribution in [1.29, 1.82) is 0 Å². The molecule has 0 aliphatic heterocycles. The van der Waals surface area contributed by atoms with E-state index in [1.807, 2.05) is 0 Å². The Kier molecular flexibility index (Phi) is 31.6. The van der Waals surface area contributed by atoms with E-state index in [9.17, 15) is 0 Å². The highest BCUT2D eigenvalue weighted by atomic mass is 14.4. The van der Waals surface area contributed by atoms with Crippen molar-refractivity contribution in [2.24, 2.45) is 5.73 Å². The van der Waals surface area contributed by atoms with Gasteiger partial charge in [0, 0.05) is 0 Å². The molecule has 0 fully saturated rings. The lowest BCUT2D eigenvalue weighted by Gasteiger charge is -1.68. The summed E-state index contributed by atoms with van der Waals surface area (Å²) in [6, 6.07) is 0. The van der Waals surface area contributed by atoms with Gasteiger partial charge in [-0.2, -0.15) is 0 Å². The summed E-state index contributed by atoms with van der Waals surface area (Å²) in [5, 5.41) is 0. The van der Waals surface area contributed by atoms with Crippen LogP contribution in [0.3, 0.4) is 0 Å². The summed E-state index contributed by atoms with van der Waals surface area (Å²) >= 11 is 0. The Hall–Kier alpha value is -0.0400. The minimum atomic E-state index is 1.32. The molecule has 1 heteroatoms. The van der Waals surface area contributed by atoms with Crippen LogP contribution in [0.4, 0.5) is 0 Å². The van der Waals surface area contributed by atoms with E-state index in [4.69, 9.17) is 0 Å². The van der Waals surface area contributed by atoms with Crippen molar-refractivity contribution >= 4 is 0 Å². The van der Waals surface area contributed by atoms with Crippen LogP contribution >= 0.6 is 0 Å². The van der Waals surface area contributed by atoms with E-state index < -0.39 is 0 Å². The van der Waals surface area contributed by atoms with Crippen molar-refractivity contribution in [3.63, 3.8) is 0 Å². The topological polar surface area (TPSA) is 26.0 Å². The van der Waals surface area contributed by atoms with Crippen molar-refractivity contribution < 1.29 is 0 Å². The van der Waals surface area contributed by atoms with E-state index in [2.05, 4.69) is 19.6 Å². The Labute approximate surface area is 40.5 Å². The molecular formula is C5H15N. The summed E-state index contributed by atoms with van der Waals surface area (Å²) in [5.74, 6) is 0. The fourth-order valence-electron chi connectivity index (χ4n) is 0. The predicted molar refractivity (Wildman–Crippen MR) is 30.7 cm³/mol. The number of hydrogen-bond acceptors (Lipinski definition) is 1. The molecule has 0 amide bonds. The van der Waals surface area contributed by atoms with Gasteiger partial charge in [-0.3, -0.25) is 0 Å². The van der Waals surface area contributed by atoms with Gasteiger partial charge in [0.05, 0.1) is 0 Å². The van der Waals surface area contributed by atoms with E-state index in [-0.39, 0.29) is 0 Å². The Bertz CT molecular complexity index is 5.90.